The summed E-state index contributed by atoms with van der Waals surface area (Å²) in [6, 6.07) is 25.1. The first-order valence-electron chi connectivity index (χ1n) is 11.9. The van der Waals surface area contributed by atoms with Crippen LogP contribution in [0.2, 0.25) is 5.02 Å². The highest BCUT2D eigenvalue weighted by atomic mass is 35.5. The molecule has 0 bridgehead atoms. The molecule has 0 aliphatic carbocycles. The Morgan fingerprint density at radius 3 is 2.53 bits per heavy atom. The first kappa shape index (κ1) is 25.6. The number of halogens is 1. The van der Waals surface area contributed by atoms with Gasteiger partial charge in [-0.05, 0) is 70.9 Å². The van der Waals surface area contributed by atoms with Crippen molar-refractivity contribution in [2.75, 3.05) is 6.61 Å². The van der Waals surface area contributed by atoms with Gasteiger partial charge in [0, 0.05) is 5.02 Å². The Labute approximate surface area is 228 Å². The zero-order valence-electron chi connectivity index (χ0n) is 20.3. The number of esters is 1. The van der Waals surface area contributed by atoms with Crippen LogP contribution in [0, 0.1) is 0 Å². The maximum Gasteiger partial charge on any atom is 0.344 e. The molecule has 1 aliphatic heterocycles. The van der Waals surface area contributed by atoms with Gasteiger partial charge >= 0.3 is 5.97 Å². The lowest BCUT2D eigenvalue weighted by atomic mass is 10.0. The fourth-order valence-electron chi connectivity index (χ4n) is 4.11. The lowest BCUT2D eigenvalue weighted by Crippen LogP contribution is -2.27. The van der Waals surface area contributed by atoms with Crippen LogP contribution in [0.1, 0.15) is 28.4 Å². The SMILES string of the molecule is CCOc1cc(/C=C2\SC(=O)N(Cc3ccccc3Cl)C2=O)ccc1OC(=O)c1cccc2ccccc12. The number of ether oxygens (including phenoxy) is 2. The summed E-state index contributed by atoms with van der Waals surface area (Å²) in [5, 5.41) is 1.85. The molecule has 0 spiro atoms. The molecule has 0 unspecified atom stereocenters. The second kappa shape index (κ2) is 11.1. The fourth-order valence-corrected chi connectivity index (χ4v) is 5.14. The van der Waals surface area contributed by atoms with E-state index in [0.29, 0.717) is 34.1 Å². The van der Waals surface area contributed by atoms with Gasteiger partial charge in [-0.1, -0.05) is 72.3 Å². The van der Waals surface area contributed by atoms with Gasteiger partial charge in [0.25, 0.3) is 11.1 Å². The van der Waals surface area contributed by atoms with Crippen LogP contribution in [0.25, 0.3) is 16.8 Å². The van der Waals surface area contributed by atoms with E-state index < -0.39 is 11.9 Å². The van der Waals surface area contributed by atoms with E-state index >= 15 is 0 Å². The number of carbonyl (C=O) groups excluding carboxylic acids is 3. The van der Waals surface area contributed by atoms with Crippen molar-refractivity contribution < 1.29 is 23.9 Å². The Hall–Kier alpha value is -4.07. The average Bonchev–Trinajstić information content (AvgIpc) is 3.18. The molecule has 5 rings (SSSR count). The highest BCUT2D eigenvalue weighted by molar-refractivity contribution is 8.18. The minimum absolute atomic E-state index is 0.0922. The highest BCUT2D eigenvalue weighted by Gasteiger charge is 2.35. The molecule has 1 heterocycles. The third-order valence-electron chi connectivity index (χ3n) is 5.94. The summed E-state index contributed by atoms with van der Waals surface area (Å²) < 4.78 is 11.5. The maximum absolute atomic E-state index is 13.0. The first-order chi connectivity index (χ1) is 18.4. The smallest absolute Gasteiger partial charge is 0.344 e. The van der Waals surface area contributed by atoms with Crippen molar-refractivity contribution in [1.82, 2.24) is 4.90 Å². The molecule has 38 heavy (non-hydrogen) atoms. The van der Waals surface area contributed by atoms with Gasteiger partial charge in [0.2, 0.25) is 0 Å². The predicted octanol–water partition coefficient (Wildman–Crippen LogP) is 7.35. The van der Waals surface area contributed by atoms with Crippen LogP contribution in [-0.4, -0.2) is 28.6 Å². The van der Waals surface area contributed by atoms with Crippen molar-refractivity contribution in [3.05, 3.63) is 112 Å². The summed E-state index contributed by atoms with van der Waals surface area (Å²) in [6.45, 7) is 2.26. The van der Waals surface area contributed by atoms with Gasteiger partial charge in [-0.25, -0.2) is 4.79 Å². The van der Waals surface area contributed by atoms with Gasteiger partial charge in [-0.2, -0.15) is 0 Å². The number of nitrogens with zero attached hydrogens (tertiary/aromatic N) is 1. The number of imide groups is 1. The summed E-state index contributed by atoms with van der Waals surface area (Å²) in [6.07, 6.45) is 1.62. The molecular formula is C30H22ClNO5S. The molecule has 0 atom stereocenters. The van der Waals surface area contributed by atoms with Crippen molar-refractivity contribution in [3.8, 4) is 11.5 Å². The average molecular weight is 544 g/mol. The van der Waals surface area contributed by atoms with E-state index in [1.54, 1.807) is 54.6 Å². The number of thioether (sulfide) groups is 1. The van der Waals surface area contributed by atoms with Crippen LogP contribution in [0.5, 0.6) is 11.5 Å². The third-order valence-corrected chi connectivity index (χ3v) is 7.21. The second-order valence-corrected chi connectivity index (χ2v) is 9.82. The van der Waals surface area contributed by atoms with Crippen LogP contribution >= 0.6 is 23.4 Å². The van der Waals surface area contributed by atoms with Gasteiger partial charge in [0.1, 0.15) is 0 Å². The number of benzene rings is 4. The van der Waals surface area contributed by atoms with Gasteiger partial charge in [0.15, 0.2) is 11.5 Å². The van der Waals surface area contributed by atoms with Crippen LogP contribution in [0.15, 0.2) is 89.8 Å². The summed E-state index contributed by atoms with van der Waals surface area (Å²) in [7, 11) is 0. The largest absolute Gasteiger partial charge is 0.490 e. The van der Waals surface area contributed by atoms with Crippen molar-refractivity contribution in [1.29, 1.82) is 0 Å². The number of hydrogen-bond donors (Lipinski definition) is 0. The van der Waals surface area contributed by atoms with Crippen molar-refractivity contribution >= 4 is 57.3 Å². The second-order valence-electron chi connectivity index (χ2n) is 8.41. The van der Waals surface area contributed by atoms with Crippen LogP contribution in [0.4, 0.5) is 4.79 Å². The highest BCUT2D eigenvalue weighted by Crippen LogP contribution is 2.36. The number of rotatable bonds is 7. The number of hydrogen-bond acceptors (Lipinski definition) is 6. The van der Waals surface area contributed by atoms with Crippen molar-refractivity contribution in [3.63, 3.8) is 0 Å². The molecule has 0 N–H and O–H groups in total. The van der Waals surface area contributed by atoms with E-state index in [0.717, 1.165) is 22.5 Å². The van der Waals surface area contributed by atoms with Crippen molar-refractivity contribution in [2.45, 2.75) is 13.5 Å². The molecule has 4 aromatic carbocycles. The van der Waals surface area contributed by atoms with E-state index in [1.807, 2.05) is 43.3 Å². The lowest BCUT2D eigenvalue weighted by Gasteiger charge is -2.13. The molecule has 1 saturated heterocycles. The maximum atomic E-state index is 13.0. The van der Waals surface area contributed by atoms with Crippen molar-refractivity contribution in [2.24, 2.45) is 0 Å². The van der Waals surface area contributed by atoms with Gasteiger partial charge in [0.05, 0.1) is 23.6 Å². The van der Waals surface area contributed by atoms with Crippen LogP contribution in [0.3, 0.4) is 0 Å². The normalized spacial score (nSPS) is 14.4. The number of amides is 2. The van der Waals surface area contributed by atoms with E-state index in [9.17, 15) is 14.4 Å². The first-order valence-corrected chi connectivity index (χ1v) is 13.1. The van der Waals surface area contributed by atoms with Crippen LogP contribution in [-0.2, 0) is 11.3 Å². The molecule has 2 amide bonds. The summed E-state index contributed by atoms with van der Waals surface area (Å²) in [5.74, 6) is -0.292. The molecule has 6 nitrogen and oxygen atoms in total. The minimum Gasteiger partial charge on any atom is -0.490 e. The Morgan fingerprint density at radius 2 is 1.71 bits per heavy atom. The molecule has 0 radical (unpaired) electrons. The number of fused-ring (bicyclic) bond motifs is 1. The summed E-state index contributed by atoms with van der Waals surface area (Å²) in [4.78, 5) is 40.1. The molecule has 0 saturated carbocycles. The third kappa shape index (κ3) is 5.30. The Kier molecular flexibility index (Phi) is 7.49. The lowest BCUT2D eigenvalue weighted by molar-refractivity contribution is -0.123. The van der Waals surface area contributed by atoms with E-state index in [1.165, 1.54) is 4.90 Å². The summed E-state index contributed by atoms with van der Waals surface area (Å²) >= 11 is 7.07. The fraction of sp³-hybridized carbons (Fsp3) is 0.100. The summed E-state index contributed by atoms with van der Waals surface area (Å²) in [5.41, 5.74) is 1.76. The minimum atomic E-state index is -0.504. The van der Waals surface area contributed by atoms with Crippen LogP contribution < -0.4 is 9.47 Å². The van der Waals surface area contributed by atoms with Gasteiger partial charge < -0.3 is 9.47 Å². The van der Waals surface area contributed by atoms with E-state index in [2.05, 4.69) is 0 Å². The molecule has 4 aromatic rings. The zero-order valence-corrected chi connectivity index (χ0v) is 21.9. The molecule has 0 aromatic heterocycles. The molecule has 1 aliphatic rings. The van der Waals surface area contributed by atoms with E-state index in [4.69, 9.17) is 21.1 Å². The number of carbonyl (C=O) groups is 3. The molecule has 8 heteroatoms. The Morgan fingerprint density at radius 1 is 0.947 bits per heavy atom. The Balaban J connectivity index is 1.38. The topological polar surface area (TPSA) is 72.9 Å². The van der Waals surface area contributed by atoms with Gasteiger partial charge in [-0.3, -0.25) is 14.5 Å². The molecular weight excluding hydrogens is 522 g/mol. The van der Waals surface area contributed by atoms with Gasteiger partial charge in [-0.15, -0.1) is 0 Å². The monoisotopic (exact) mass is 543 g/mol. The quantitative estimate of drug-likeness (QED) is 0.138. The molecule has 1 fully saturated rings. The zero-order chi connectivity index (χ0) is 26.6. The Bertz CT molecular complexity index is 1590. The van der Waals surface area contributed by atoms with E-state index in [-0.39, 0.29) is 22.4 Å². The standard InChI is InChI=1S/C30H22ClNO5S/c1-2-36-26-16-19(17-27-28(33)32(30(35)38-27)18-21-9-4-6-13-24(21)31)14-15-25(26)37-29(34)23-12-7-10-20-8-3-5-11-22(20)23/h3-17H,2,18H2,1H3/b27-17-. The predicted molar refractivity (Wildman–Crippen MR) is 149 cm³/mol. The molecule has 190 valence electrons.